The summed E-state index contributed by atoms with van der Waals surface area (Å²) in [5, 5.41) is 3.20. The third-order valence-corrected chi connectivity index (χ3v) is 7.36. The van der Waals surface area contributed by atoms with E-state index in [0.717, 1.165) is 29.0 Å². The molecule has 2 aliphatic rings. The summed E-state index contributed by atoms with van der Waals surface area (Å²) in [5.74, 6) is 0.854. The number of para-hydroxylation sites is 1. The smallest absolute Gasteiger partial charge is 0.265 e. The number of anilines is 1. The predicted octanol–water partition coefficient (Wildman–Crippen LogP) is 5.11. The van der Waals surface area contributed by atoms with Gasteiger partial charge in [-0.25, -0.2) is 0 Å². The van der Waals surface area contributed by atoms with Gasteiger partial charge in [0, 0.05) is 10.9 Å². The Morgan fingerprint density at radius 1 is 1.10 bits per heavy atom. The molecule has 1 saturated carbocycles. The summed E-state index contributed by atoms with van der Waals surface area (Å²) < 4.78 is 0. The summed E-state index contributed by atoms with van der Waals surface area (Å²) in [6.45, 7) is 4.51. The molecule has 3 atom stereocenters. The van der Waals surface area contributed by atoms with Crippen molar-refractivity contribution in [2.45, 2.75) is 44.0 Å². The van der Waals surface area contributed by atoms with Gasteiger partial charge in [-0.3, -0.25) is 14.5 Å². The van der Waals surface area contributed by atoms with Crippen LogP contribution in [0.3, 0.4) is 0 Å². The molecule has 1 heterocycles. The molecule has 5 heteroatoms. The van der Waals surface area contributed by atoms with Crippen LogP contribution in [0, 0.1) is 11.8 Å². The van der Waals surface area contributed by atoms with Crippen molar-refractivity contribution in [3.63, 3.8) is 0 Å². The molecule has 30 heavy (non-hydrogen) atoms. The van der Waals surface area contributed by atoms with Gasteiger partial charge >= 0.3 is 0 Å². The third kappa shape index (κ3) is 4.46. The first-order valence-electron chi connectivity index (χ1n) is 10.7. The van der Waals surface area contributed by atoms with Gasteiger partial charge < -0.3 is 5.32 Å². The van der Waals surface area contributed by atoms with E-state index in [1.165, 1.54) is 18.2 Å². The number of carbonyl (C=O) groups is 2. The molecule has 1 fully saturated rings. The molecule has 0 bridgehead atoms. The quantitative estimate of drug-likeness (QED) is 0.700. The normalized spacial score (nSPS) is 25.1. The van der Waals surface area contributed by atoms with Gasteiger partial charge in [-0.05, 0) is 42.0 Å². The standard InChI is InChI=1S/C25H28N2O2S/c1-17-9-8-12-20(18(17)2)26-24(28)16-27-21-13-6-7-14-22(21)30-23(25(27)29)15-19-10-4-3-5-11-19/h3-7,10-11,13-15,17-18,20H,8-9,12,16H2,1-2H3,(H,26,28)/b23-15-/t17-,18-,20-/m1/s1. The van der Waals surface area contributed by atoms with Gasteiger partial charge in [-0.1, -0.05) is 80.9 Å². The summed E-state index contributed by atoms with van der Waals surface area (Å²) in [5.41, 5.74) is 1.78. The summed E-state index contributed by atoms with van der Waals surface area (Å²) in [6, 6.07) is 17.8. The van der Waals surface area contributed by atoms with Crippen LogP contribution in [0.15, 0.2) is 64.4 Å². The first kappa shape index (κ1) is 20.7. The highest BCUT2D eigenvalue weighted by Crippen LogP contribution is 2.42. The highest BCUT2D eigenvalue weighted by Gasteiger charge is 2.32. The molecule has 156 valence electrons. The van der Waals surface area contributed by atoms with Crippen molar-refractivity contribution in [2.75, 3.05) is 11.4 Å². The summed E-state index contributed by atoms with van der Waals surface area (Å²) in [7, 11) is 0. The van der Waals surface area contributed by atoms with Gasteiger partial charge in [-0.15, -0.1) is 0 Å². The predicted molar refractivity (Wildman–Crippen MR) is 123 cm³/mol. The summed E-state index contributed by atoms with van der Waals surface area (Å²) in [4.78, 5) is 29.5. The molecule has 0 saturated heterocycles. The van der Waals surface area contributed by atoms with Crippen LogP contribution in [-0.2, 0) is 9.59 Å². The largest absolute Gasteiger partial charge is 0.352 e. The van der Waals surface area contributed by atoms with E-state index in [9.17, 15) is 9.59 Å². The highest BCUT2D eigenvalue weighted by molar-refractivity contribution is 8.04. The second kappa shape index (κ2) is 9.09. The molecule has 2 amide bonds. The van der Waals surface area contributed by atoms with Crippen molar-refractivity contribution >= 4 is 35.3 Å². The summed E-state index contributed by atoms with van der Waals surface area (Å²) >= 11 is 1.47. The molecule has 0 unspecified atom stereocenters. The molecule has 0 radical (unpaired) electrons. The first-order chi connectivity index (χ1) is 14.5. The van der Waals surface area contributed by atoms with E-state index in [-0.39, 0.29) is 24.4 Å². The van der Waals surface area contributed by atoms with E-state index in [0.29, 0.717) is 16.7 Å². The molecule has 0 spiro atoms. The fourth-order valence-electron chi connectivity index (χ4n) is 4.30. The Morgan fingerprint density at radius 3 is 2.63 bits per heavy atom. The van der Waals surface area contributed by atoms with E-state index in [1.54, 1.807) is 4.90 Å². The van der Waals surface area contributed by atoms with Crippen molar-refractivity contribution in [2.24, 2.45) is 11.8 Å². The molecule has 1 aliphatic carbocycles. The average Bonchev–Trinajstić information content (AvgIpc) is 2.75. The maximum absolute atomic E-state index is 13.3. The Balaban J connectivity index is 1.55. The second-order valence-corrected chi connectivity index (χ2v) is 9.41. The Bertz CT molecular complexity index is 957. The van der Waals surface area contributed by atoms with Gasteiger partial charge in [0.05, 0.1) is 10.6 Å². The number of hydrogen-bond donors (Lipinski definition) is 1. The molecular weight excluding hydrogens is 392 g/mol. The number of fused-ring (bicyclic) bond motifs is 1. The van der Waals surface area contributed by atoms with Gasteiger partial charge in [0.25, 0.3) is 5.91 Å². The fraction of sp³-hybridized carbons (Fsp3) is 0.360. The van der Waals surface area contributed by atoms with Gasteiger partial charge in [0.2, 0.25) is 5.91 Å². The number of rotatable bonds is 4. The second-order valence-electron chi connectivity index (χ2n) is 8.32. The van der Waals surface area contributed by atoms with Crippen LogP contribution in [0.1, 0.15) is 38.7 Å². The van der Waals surface area contributed by atoms with E-state index in [2.05, 4.69) is 19.2 Å². The number of carbonyl (C=O) groups excluding carboxylic acids is 2. The highest BCUT2D eigenvalue weighted by atomic mass is 32.2. The lowest BCUT2D eigenvalue weighted by Gasteiger charge is -2.35. The third-order valence-electron chi connectivity index (χ3n) is 6.28. The van der Waals surface area contributed by atoms with Crippen molar-refractivity contribution in [1.29, 1.82) is 0 Å². The molecular formula is C25H28N2O2S. The van der Waals surface area contributed by atoms with Crippen molar-refractivity contribution in [3.8, 4) is 0 Å². The lowest BCUT2D eigenvalue weighted by Crippen LogP contribution is -2.49. The van der Waals surface area contributed by atoms with E-state index in [1.807, 2.05) is 60.7 Å². The zero-order valence-electron chi connectivity index (χ0n) is 17.5. The zero-order valence-corrected chi connectivity index (χ0v) is 18.3. The van der Waals surface area contributed by atoms with Crippen LogP contribution in [-0.4, -0.2) is 24.4 Å². The minimum Gasteiger partial charge on any atom is -0.352 e. The van der Waals surface area contributed by atoms with Crippen LogP contribution < -0.4 is 10.2 Å². The van der Waals surface area contributed by atoms with Crippen LogP contribution in [0.2, 0.25) is 0 Å². The van der Waals surface area contributed by atoms with Gasteiger partial charge in [-0.2, -0.15) is 0 Å². The number of thioether (sulfide) groups is 1. The number of nitrogens with zero attached hydrogens (tertiary/aromatic N) is 1. The van der Waals surface area contributed by atoms with Crippen LogP contribution >= 0.6 is 11.8 Å². The van der Waals surface area contributed by atoms with Crippen LogP contribution in [0.5, 0.6) is 0 Å². The van der Waals surface area contributed by atoms with E-state index in [4.69, 9.17) is 0 Å². The van der Waals surface area contributed by atoms with Crippen LogP contribution in [0.4, 0.5) is 5.69 Å². The van der Waals surface area contributed by atoms with Crippen molar-refractivity contribution in [3.05, 3.63) is 65.1 Å². The monoisotopic (exact) mass is 420 g/mol. The summed E-state index contributed by atoms with van der Waals surface area (Å²) in [6.07, 6.45) is 5.27. The molecule has 0 aromatic heterocycles. The van der Waals surface area contributed by atoms with E-state index >= 15 is 0 Å². The van der Waals surface area contributed by atoms with E-state index < -0.39 is 0 Å². The zero-order chi connectivity index (χ0) is 21.1. The number of benzene rings is 2. The maximum Gasteiger partial charge on any atom is 0.265 e. The average molecular weight is 421 g/mol. The lowest BCUT2D eigenvalue weighted by atomic mass is 9.78. The number of hydrogen-bond acceptors (Lipinski definition) is 3. The fourth-order valence-corrected chi connectivity index (χ4v) is 5.36. The van der Waals surface area contributed by atoms with Crippen molar-refractivity contribution in [1.82, 2.24) is 5.32 Å². The minimum absolute atomic E-state index is 0.0418. The first-order valence-corrected chi connectivity index (χ1v) is 11.5. The molecule has 2 aromatic carbocycles. The molecule has 2 aromatic rings. The number of amides is 2. The molecule has 4 nitrogen and oxygen atoms in total. The van der Waals surface area contributed by atoms with Gasteiger partial charge in [0.15, 0.2) is 0 Å². The Kier molecular flexibility index (Phi) is 6.28. The Hall–Kier alpha value is -2.53. The Labute approximate surface area is 182 Å². The molecule has 4 rings (SSSR count). The van der Waals surface area contributed by atoms with Crippen molar-refractivity contribution < 1.29 is 9.59 Å². The Morgan fingerprint density at radius 2 is 1.83 bits per heavy atom. The minimum atomic E-state index is -0.122. The number of nitrogens with one attached hydrogen (secondary N) is 1. The maximum atomic E-state index is 13.3. The molecule has 1 N–H and O–H groups in total. The lowest BCUT2D eigenvalue weighted by molar-refractivity contribution is -0.123. The van der Waals surface area contributed by atoms with Gasteiger partial charge in [0.1, 0.15) is 6.54 Å². The SMILES string of the molecule is C[C@@H]1[C@H](C)CCC[C@H]1NC(=O)CN1C(=O)/C(=C/c2ccccc2)Sc2ccccc21. The molecule has 1 aliphatic heterocycles. The van der Waals surface area contributed by atoms with Crippen LogP contribution in [0.25, 0.3) is 6.08 Å². The topological polar surface area (TPSA) is 49.4 Å².